The van der Waals surface area contributed by atoms with Crippen LogP contribution in [-0.4, -0.2) is 58.6 Å². The monoisotopic (exact) mass is 346 g/mol. The highest BCUT2D eigenvalue weighted by molar-refractivity contribution is 5.47. The molecule has 24 heavy (non-hydrogen) atoms. The lowest BCUT2D eigenvalue weighted by molar-refractivity contribution is -0.141. The van der Waals surface area contributed by atoms with E-state index < -0.39 is 24.1 Å². The normalized spacial score (nSPS) is 25.9. The fraction of sp³-hybridized carbons (Fsp3) is 0.733. The molecule has 3 rings (SSSR count). The van der Waals surface area contributed by atoms with E-state index in [9.17, 15) is 23.4 Å². The summed E-state index contributed by atoms with van der Waals surface area (Å²) >= 11 is 0. The quantitative estimate of drug-likeness (QED) is 0.844. The number of alkyl halides is 3. The van der Waals surface area contributed by atoms with Crippen LogP contribution < -0.4 is 9.80 Å². The summed E-state index contributed by atoms with van der Waals surface area (Å²) < 4.78 is 39.6. The van der Waals surface area contributed by atoms with Crippen molar-refractivity contribution in [2.45, 2.75) is 44.1 Å². The summed E-state index contributed by atoms with van der Waals surface area (Å²) in [5.74, 6) is 0.157. The van der Waals surface area contributed by atoms with Crippen LogP contribution in [0.15, 0.2) is 6.07 Å². The predicted octanol–water partition coefficient (Wildman–Crippen LogP) is 1.42. The van der Waals surface area contributed by atoms with Crippen molar-refractivity contribution in [3.8, 4) is 0 Å². The number of nitrogens with zero attached hydrogens (tertiary/aromatic N) is 4. The van der Waals surface area contributed by atoms with Gasteiger partial charge in [-0.1, -0.05) is 0 Å². The van der Waals surface area contributed by atoms with Crippen molar-refractivity contribution in [3.05, 3.63) is 11.8 Å². The number of anilines is 2. The molecule has 0 saturated carbocycles. The molecule has 2 N–H and O–H groups in total. The van der Waals surface area contributed by atoms with Crippen molar-refractivity contribution in [1.29, 1.82) is 0 Å². The van der Waals surface area contributed by atoms with E-state index in [0.717, 1.165) is 6.07 Å². The van der Waals surface area contributed by atoms with Crippen LogP contribution in [-0.2, 0) is 6.18 Å². The first-order valence-corrected chi connectivity index (χ1v) is 8.15. The molecule has 6 nitrogen and oxygen atoms in total. The van der Waals surface area contributed by atoms with E-state index in [1.54, 1.807) is 9.80 Å². The van der Waals surface area contributed by atoms with Crippen molar-refractivity contribution in [3.63, 3.8) is 0 Å². The summed E-state index contributed by atoms with van der Waals surface area (Å²) in [6.45, 7) is 1.55. The second-order valence-electron chi connectivity index (χ2n) is 6.39. The molecule has 9 heteroatoms. The fourth-order valence-electron chi connectivity index (χ4n) is 3.17. The molecule has 0 bridgehead atoms. The van der Waals surface area contributed by atoms with Gasteiger partial charge in [-0.3, -0.25) is 0 Å². The number of β-amino-alcohol motifs (C(OH)–C–C–N with tert-alkyl or cyclic N) is 2. The third-order valence-electron chi connectivity index (χ3n) is 4.39. The number of aliphatic hydroxyl groups excluding tert-OH is 2. The van der Waals surface area contributed by atoms with Crippen LogP contribution in [0.2, 0.25) is 0 Å². The van der Waals surface area contributed by atoms with E-state index in [0.29, 0.717) is 38.8 Å². The van der Waals surface area contributed by atoms with Crippen LogP contribution in [0.25, 0.3) is 0 Å². The predicted molar refractivity (Wildman–Crippen MR) is 81.9 cm³/mol. The van der Waals surface area contributed by atoms with Gasteiger partial charge in [0.2, 0.25) is 5.95 Å². The van der Waals surface area contributed by atoms with Gasteiger partial charge in [0, 0.05) is 32.2 Å². The Hall–Kier alpha value is -1.61. The number of halogens is 3. The number of aromatic nitrogens is 2. The van der Waals surface area contributed by atoms with Crippen LogP contribution in [0.1, 0.15) is 31.4 Å². The highest BCUT2D eigenvalue weighted by Crippen LogP contribution is 2.32. The van der Waals surface area contributed by atoms with Gasteiger partial charge in [0.1, 0.15) is 5.82 Å². The lowest BCUT2D eigenvalue weighted by Crippen LogP contribution is -2.41. The van der Waals surface area contributed by atoms with Gasteiger partial charge >= 0.3 is 6.18 Å². The van der Waals surface area contributed by atoms with Gasteiger partial charge in [-0.15, -0.1) is 0 Å². The summed E-state index contributed by atoms with van der Waals surface area (Å²) in [6, 6.07) is 0.932. The van der Waals surface area contributed by atoms with Crippen LogP contribution >= 0.6 is 0 Å². The minimum absolute atomic E-state index is 0.0151. The molecule has 1 aromatic rings. The molecule has 0 spiro atoms. The van der Waals surface area contributed by atoms with Crippen molar-refractivity contribution >= 4 is 11.8 Å². The van der Waals surface area contributed by atoms with Gasteiger partial charge in [0.25, 0.3) is 0 Å². The van der Waals surface area contributed by atoms with Crippen LogP contribution in [0.5, 0.6) is 0 Å². The first-order chi connectivity index (χ1) is 11.3. The molecular weight excluding hydrogens is 325 g/mol. The molecule has 0 radical (unpaired) electrons. The summed E-state index contributed by atoms with van der Waals surface area (Å²) in [6.07, 6.45) is -3.09. The van der Waals surface area contributed by atoms with E-state index in [2.05, 4.69) is 9.97 Å². The Morgan fingerprint density at radius 2 is 1.54 bits per heavy atom. The van der Waals surface area contributed by atoms with Gasteiger partial charge in [-0.2, -0.15) is 18.2 Å². The standard InChI is InChI=1S/C15H21F3N4O2/c16-15(17,18)12-7-13(21-5-1-3-10(23)8-21)20-14(19-12)22-6-2-4-11(24)9-22/h7,10-11,23-24H,1-6,8-9H2/t10-,11-/m0/s1. The molecule has 3 heterocycles. The third kappa shape index (κ3) is 3.89. The molecule has 0 unspecified atom stereocenters. The highest BCUT2D eigenvalue weighted by Gasteiger charge is 2.35. The van der Waals surface area contributed by atoms with Crippen molar-refractivity contribution in [2.75, 3.05) is 36.0 Å². The average Bonchev–Trinajstić information content (AvgIpc) is 2.53. The van der Waals surface area contributed by atoms with E-state index >= 15 is 0 Å². The van der Waals surface area contributed by atoms with E-state index in [1.165, 1.54) is 0 Å². The molecule has 0 aromatic carbocycles. The Bertz CT molecular complexity index is 544. The lowest BCUT2D eigenvalue weighted by atomic mass is 10.1. The third-order valence-corrected chi connectivity index (χ3v) is 4.39. The Morgan fingerprint density at radius 3 is 2.12 bits per heavy atom. The number of aliphatic hydroxyl groups is 2. The molecule has 2 fully saturated rings. The van der Waals surface area contributed by atoms with Crippen molar-refractivity contribution < 1.29 is 23.4 Å². The van der Waals surface area contributed by atoms with E-state index in [4.69, 9.17) is 0 Å². The number of piperidine rings is 2. The highest BCUT2D eigenvalue weighted by atomic mass is 19.4. The minimum Gasteiger partial charge on any atom is -0.391 e. The summed E-state index contributed by atoms with van der Waals surface area (Å²) in [5, 5.41) is 19.5. The van der Waals surface area contributed by atoms with Gasteiger partial charge in [0.15, 0.2) is 5.69 Å². The smallest absolute Gasteiger partial charge is 0.391 e. The summed E-state index contributed by atoms with van der Waals surface area (Å²) in [4.78, 5) is 11.2. The summed E-state index contributed by atoms with van der Waals surface area (Å²) in [7, 11) is 0. The first-order valence-electron chi connectivity index (χ1n) is 8.15. The number of rotatable bonds is 2. The maximum atomic E-state index is 13.2. The largest absolute Gasteiger partial charge is 0.433 e. The van der Waals surface area contributed by atoms with E-state index in [1.807, 2.05) is 0 Å². The molecule has 2 aliphatic heterocycles. The second kappa shape index (κ2) is 6.72. The fourth-order valence-corrected chi connectivity index (χ4v) is 3.17. The average molecular weight is 346 g/mol. The van der Waals surface area contributed by atoms with Gasteiger partial charge in [-0.25, -0.2) is 4.98 Å². The van der Waals surface area contributed by atoms with Gasteiger partial charge in [-0.05, 0) is 25.7 Å². The summed E-state index contributed by atoms with van der Waals surface area (Å²) in [5.41, 5.74) is -0.998. The topological polar surface area (TPSA) is 72.7 Å². The first kappa shape index (κ1) is 17.2. The molecular formula is C15H21F3N4O2. The Balaban J connectivity index is 1.94. The molecule has 0 amide bonds. The van der Waals surface area contributed by atoms with Crippen LogP contribution in [0.4, 0.5) is 24.9 Å². The lowest BCUT2D eigenvalue weighted by Gasteiger charge is -2.33. The van der Waals surface area contributed by atoms with Crippen molar-refractivity contribution in [1.82, 2.24) is 9.97 Å². The van der Waals surface area contributed by atoms with Crippen molar-refractivity contribution in [2.24, 2.45) is 0 Å². The minimum atomic E-state index is -4.57. The molecule has 1 aromatic heterocycles. The molecule has 134 valence electrons. The van der Waals surface area contributed by atoms with Gasteiger partial charge in [0.05, 0.1) is 12.2 Å². The number of hydrogen-bond acceptors (Lipinski definition) is 6. The molecule has 2 aliphatic rings. The molecule has 2 saturated heterocycles. The second-order valence-corrected chi connectivity index (χ2v) is 6.39. The maximum Gasteiger partial charge on any atom is 0.433 e. The van der Waals surface area contributed by atoms with Gasteiger partial charge < -0.3 is 20.0 Å². The molecule has 0 aliphatic carbocycles. The SMILES string of the molecule is O[C@H]1CCCN(c2cc(C(F)(F)F)nc(N3CCC[C@H](O)C3)n2)C1. The molecule has 2 atom stereocenters. The number of hydrogen-bond donors (Lipinski definition) is 2. The van der Waals surface area contributed by atoms with E-state index in [-0.39, 0.29) is 24.9 Å². The maximum absolute atomic E-state index is 13.2. The Labute approximate surface area is 137 Å². The zero-order valence-corrected chi connectivity index (χ0v) is 13.2. The van der Waals surface area contributed by atoms with Crippen LogP contribution in [0, 0.1) is 0 Å². The van der Waals surface area contributed by atoms with Crippen LogP contribution in [0.3, 0.4) is 0 Å². The zero-order chi connectivity index (χ0) is 17.3. The Kier molecular flexibility index (Phi) is 4.82. The Morgan fingerprint density at radius 1 is 0.958 bits per heavy atom. The zero-order valence-electron chi connectivity index (χ0n) is 13.2.